The minimum Gasteiger partial charge on any atom is -0.0996 e. The minimum atomic E-state index is 0.630. The Bertz CT molecular complexity index is 601. The van der Waals surface area contributed by atoms with Gasteiger partial charge in [-0.25, -0.2) is 0 Å². The van der Waals surface area contributed by atoms with Gasteiger partial charge < -0.3 is 0 Å². The summed E-state index contributed by atoms with van der Waals surface area (Å²) in [5, 5.41) is 0. The van der Waals surface area contributed by atoms with Gasteiger partial charge in [-0.15, -0.1) is 0 Å². The zero-order valence-electron chi connectivity index (χ0n) is 20.6. The van der Waals surface area contributed by atoms with Crippen LogP contribution < -0.4 is 0 Å². The van der Waals surface area contributed by atoms with E-state index in [1.807, 2.05) is 0 Å². The van der Waals surface area contributed by atoms with Crippen LogP contribution in [0, 0.1) is 58.2 Å². The van der Waals surface area contributed by atoms with Gasteiger partial charge in [0.05, 0.1) is 0 Å². The fraction of sp³-hybridized carbons (Fsp3) is 0.931. The van der Waals surface area contributed by atoms with Crippen molar-refractivity contribution in [1.82, 2.24) is 0 Å². The molecule has 0 heteroatoms. The van der Waals surface area contributed by atoms with Crippen LogP contribution in [-0.2, 0) is 0 Å². The van der Waals surface area contributed by atoms with E-state index in [1.165, 1.54) is 56.9 Å². The van der Waals surface area contributed by atoms with Crippen molar-refractivity contribution >= 4 is 0 Å². The highest BCUT2D eigenvalue weighted by Crippen LogP contribution is 2.68. The molecule has 0 N–H and O–H groups in total. The summed E-state index contributed by atoms with van der Waals surface area (Å²) in [6, 6.07) is 0. The van der Waals surface area contributed by atoms with Crippen LogP contribution in [0.25, 0.3) is 0 Å². The van der Waals surface area contributed by atoms with Crippen LogP contribution in [0.1, 0.15) is 112 Å². The molecule has 0 aromatic heterocycles. The Hall–Kier alpha value is -0.260. The van der Waals surface area contributed by atoms with Crippen LogP contribution in [-0.4, -0.2) is 0 Å². The first-order chi connectivity index (χ1) is 13.7. The average Bonchev–Trinajstić information content (AvgIpc) is 3.03. The van der Waals surface area contributed by atoms with E-state index in [1.54, 1.807) is 19.3 Å². The lowest BCUT2D eigenvalue weighted by Gasteiger charge is -2.61. The van der Waals surface area contributed by atoms with Crippen molar-refractivity contribution in [3.05, 3.63) is 12.2 Å². The first-order valence-corrected chi connectivity index (χ1v) is 13.3. The Morgan fingerprint density at radius 1 is 0.897 bits per heavy atom. The molecule has 4 saturated carbocycles. The highest BCUT2D eigenvalue weighted by molar-refractivity contribution is 5.10. The fourth-order valence-corrected chi connectivity index (χ4v) is 9.35. The zero-order valence-corrected chi connectivity index (χ0v) is 20.6. The number of rotatable bonds is 5. The van der Waals surface area contributed by atoms with Crippen molar-refractivity contribution in [2.24, 2.45) is 58.2 Å². The molecule has 0 amide bonds. The molecule has 0 bridgehead atoms. The highest BCUT2D eigenvalue weighted by atomic mass is 14.6. The third kappa shape index (κ3) is 3.67. The van der Waals surface area contributed by atoms with E-state index in [4.69, 9.17) is 0 Å². The summed E-state index contributed by atoms with van der Waals surface area (Å²) in [6.07, 6.45) is 16.4. The Labute approximate surface area is 182 Å². The van der Waals surface area contributed by atoms with Crippen molar-refractivity contribution in [1.29, 1.82) is 0 Å². The van der Waals surface area contributed by atoms with Crippen molar-refractivity contribution < 1.29 is 0 Å². The van der Waals surface area contributed by atoms with Gasteiger partial charge in [-0.05, 0) is 122 Å². The van der Waals surface area contributed by atoms with E-state index in [2.05, 4.69) is 48.1 Å². The highest BCUT2D eigenvalue weighted by Gasteiger charge is 2.60. The average molecular weight is 399 g/mol. The molecule has 0 spiro atoms. The van der Waals surface area contributed by atoms with Gasteiger partial charge in [0.15, 0.2) is 0 Å². The van der Waals surface area contributed by atoms with Crippen molar-refractivity contribution in [3.63, 3.8) is 0 Å². The SMILES string of the molecule is C=C(CCC(C)C1CCC2C3CCC4CC(C)CCC4(C)C3CCC12C)C(C)C. The number of allylic oxidation sites excluding steroid dienone is 1. The minimum absolute atomic E-state index is 0.630. The summed E-state index contributed by atoms with van der Waals surface area (Å²) in [4.78, 5) is 0. The summed E-state index contributed by atoms with van der Waals surface area (Å²) >= 11 is 0. The van der Waals surface area contributed by atoms with Crippen molar-refractivity contribution in [3.8, 4) is 0 Å². The van der Waals surface area contributed by atoms with Crippen molar-refractivity contribution in [2.45, 2.75) is 112 Å². The Balaban J connectivity index is 1.46. The first-order valence-electron chi connectivity index (χ1n) is 13.3. The number of fused-ring (bicyclic) bond motifs is 5. The van der Waals surface area contributed by atoms with Gasteiger partial charge in [-0.1, -0.05) is 60.1 Å². The van der Waals surface area contributed by atoms with E-state index < -0.39 is 0 Å². The lowest BCUT2D eigenvalue weighted by atomic mass is 9.44. The van der Waals surface area contributed by atoms with Gasteiger partial charge in [0.2, 0.25) is 0 Å². The molecule has 0 nitrogen and oxygen atoms in total. The Morgan fingerprint density at radius 2 is 1.59 bits per heavy atom. The van der Waals surface area contributed by atoms with Crippen LogP contribution in [0.4, 0.5) is 0 Å². The molecule has 9 atom stereocenters. The fourth-order valence-electron chi connectivity index (χ4n) is 9.35. The summed E-state index contributed by atoms with van der Waals surface area (Å²) < 4.78 is 0. The first kappa shape index (κ1) is 22.0. The molecule has 29 heavy (non-hydrogen) atoms. The number of hydrogen-bond acceptors (Lipinski definition) is 0. The third-order valence-corrected chi connectivity index (χ3v) is 11.4. The lowest BCUT2D eigenvalue weighted by molar-refractivity contribution is -0.120. The van der Waals surface area contributed by atoms with E-state index in [-0.39, 0.29) is 0 Å². The van der Waals surface area contributed by atoms with Crippen LogP contribution in [0.15, 0.2) is 12.2 Å². The number of hydrogen-bond donors (Lipinski definition) is 0. The molecular formula is C29H50. The zero-order chi connectivity index (χ0) is 21.0. The summed E-state index contributed by atoms with van der Waals surface area (Å²) in [7, 11) is 0. The van der Waals surface area contributed by atoms with Crippen LogP contribution >= 0.6 is 0 Å². The monoisotopic (exact) mass is 398 g/mol. The Kier molecular flexibility index (Phi) is 6.07. The molecule has 4 rings (SSSR count). The van der Waals surface area contributed by atoms with Crippen LogP contribution in [0.5, 0.6) is 0 Å². The van der Waals surface area contributed by atoms with E-state index in [9.17, 15) is 0 Å². The maximum absolute atomic E-state index is 4.36. The van der Waals surface area contributed by atoms with E-state index in [0.29, 0.717) is 16.7 Å². The van der Waals surface area contributed by atoms with Gasteiger partial charge >= 0.3 is 0 Å². The van der Waals surface area contributed by atoms with Gasteiger partial charge in [-0.2, -0.15) is 0 Å². The van der Waals surface area contributed by atoms with Gasteiger partial charge in [0.25, 0.3) is 0 Å². The predicted molar refractivity (Wildman–Crippen MR) is 127 cm³/mol. The molecule has 4 aliphatic carbocycles. The van der Waals surface area contributed by atoms with Crippen molar-refractivity contribution in [2.75, 3.05) is 0 Å². The maximum atomic E-state index is 4.36. The summed E-state index contributed by atoms with van der Waals surface area (Å²) in [6.45, 7) is 19.5. The quantitative estimate of drug-likeness (QED) is 0.405. The molecular weight excluding hydrogens is 348 g/mol. The molecule has 0 aliphatic heterocycles. The topological polar surface area (TPSA) is 0 Å². The van der Waals surface area contributed by atoms with Gasteiger partial charge in [0.1, 0.15) is 0 Å². The van der Waals surface area contributed by atoms with E-state index >= 15 is 0 Å². The normalized spacial score (nSPS) is 48.0. The van der Waals surface area contributed by atoms with E-state index in [0.717, 1.165) is 41.4 Å². The molecule has 0 heterocycles. The third-order valence-electron chi connectivity index (χ3n) is 11.4. The molecule has 4 aliphatic rings. The lowest BCUT2D eigenvalue weighted by Crippen LogP contribution is -2.53. The summed E-state index contributed by atoms with van der Waals surface area (Å²) in [5.74, 6) is 7.63. The molecule has 9 unspecified atom stereocenters. The smallest absolute Gasteiger partial charge is 0.0263 e. The second kappa shape index (κ2) is 8.02. The second-order valence-corrected chi connectivity index (χ2v) is 13.1. The molecule has 4 fully saturated rings. The molecule has 166 valence electrons. The Morgan fingerprint density at radius 3 is 2.31 bits per heavy atom. The molecule has 0 aromatic carbocycles. The second-order valence-electron chi connectivity index (χ2n) is 13.1. The standard InChI is InChI=1S/C29H50/c1-19(2)21(4)8-9-22(5)25-12-13-26-24-11-10-23-18-20(3)14-16-28(23,6)27(24)15-17-29(25,26)7/h19-20,22-27H,4,8-18H2,1-3,5-7H3. The summed E-state index contributed by atoms with van der Waals surface area (Å²) in [5.41, 5.74) is 2.78. The predicted octanol–water partition coefficient (Wildman–Crippen LogP) is 8.91. The largest absolute Gasteiger partial charge is 0.0996 e. The maximum Gasteiger partial charge on any atom is -0.0263 e. The molecule has 0 aromatic rings. The van der Waals surface area contributed by atoms with Gasteiger partial charge in [0, 0.05) is 0 Å². The van der Waals surface area contributed by atoms with Crippen LogP contribution in [0.2, 0.25) is 0 Å². The molecule has 0 saturated heterocycles. The molecule has 0 radical (unpaired) electrons. The van der Waals surface area contributed by atoms with Gasteiger partial charge in [-0.3, -0.25) is 0 Å². The van der Waals surface area contributed by atoms with Crippen LogP contribution in [0.3, 0.4) is 0 Å².